The van der Waals surface area contributed by atoms with Gasteiger partial charge in [0.05, 0.1) is 16.3 Å². The maximum atomic E-state index is 11.9. The minimum atomic E-state index is -0.387. The molecule has 18 heavy (non-hydrogen) atoms. The second-order valence-corrected chi connectivity index (χ2v) is 5.02. The highest BCUT2D eigenvalue weighted by molar-refractivity contribution is 6.33. The fourth-order valence-electron chi connectivity index (χ4n) is 1.52. The summed E-state index contributed by atoms with van der Waals surface area (Å²) in [6.45, 7) is 6.81. The number of rotatable bonds is 5. The Balaban J connectivity index is 2.63. The number of hydrogen-bond acceptors (Lipinski definition) is 3. The number of nitrogens with two attached hydrogens (primary N) is 1. The molecule has 0 unspecified atom stereocenters. The van der Waals surface area contributed by atoms with Gasteiger partial charge < -0.3 is 15.8 Å². The Hall–Kier alpha value is -1.26. The molecule has 100 valence electrons. The summed E-state index contributed by atoms with van der Waals surface area (Å²) in [7, 11) is 0. The van der Waals surface area contributed by atoms with Crippen molar-refractivity contribution in [3.8, 4) is 0 Å². The van der Waals surface area contributed by atoms with Crippen LogP contribution in [-0.4, -0.2) is 24.7 Å². The number of nitrogen functional groups attached to an aromatic ring is 1. The molecule has 0 atom stereocenters. The highest BCUT2D eigenvalue weighted by Gasteiger charge is 2.19. The van der Waals surface area contributed by atoms with Crippen molar-refractivity contribution in [3.63, 3.8) is 0 Å². The number of carbonyl (C=O) groups is 1. The predicted octanol–water partition coefficient (Wildman–Crippen LogP) is 2.47. The summed E-state index contributed by atoms with van der Waals surface area (Å²) in [5, 5.41) is 3.25. The maximum absolute atomic E-state index is 11.9. The van der Waals surface area contributed by atoms with Gasteiger partial charge in [-0.1, -0.05) is 11.6 Å². The van der Waals surface area contributed by atoms with Gasteiger partial charge in [-0.15, -0.1) is 0 Å². The molecule has 0 fully saturated rings. The Morgan fingerprint density at radius 1 is 1.50 bits per heavy atom. The van der Waals surface area contributed by atoms with Crippen LogP contribution in [0.5, 0.6) is 0 Å². The molecule has 0 saturated carbocycles. The molecule has 0 spiro atoms. The largest absolute Gasteiger partial charge is 0.398 e. The number of anilines is 1. The monoisotopic (exact) mass is 270 g/mol. The molecule has 1 rings (SSSR count). The Morgan fingerprint density at radius 3 is 2.72 bits per heavy atom. The molecule has 4 nitrogen and oxygen atoms in total. The van der Waals surface area contributed by atoms with Gasteiger partial charge in [-0.2, -0.15) is 0 Å². The Kier molecular flexibility index (Phi) is 4.99. The van der Waals surface area contributed by atoms with Crippen LogP contribution in [0.2, 0.25) is 5.02 Å². The number of nitrogens with one attached hydrogen (secondary N) is 1. The van der Waals surface area contributed by atoms with Crippen LogP contribution in [0.3, 0.4) is 0 Å². The van der Waals surface area contributed by atoms with Crippen LogP contribution in [-0.2, 0) is 4.74 Å². The smallest absolute Gasteiger partial charge is 0.251 e. The van der Waals surface area contributed by atoms with Gasteiger partial charge in [0, 0.05) is 18.7 Å². The molecule has 0 aliphatic rings. The summed E-state index contributed by atoms with van der Waals surface area (Å²) in [6, 6.07) is 4.81. The molecule has 0 radical (unpaired) electrons. The molecule has 0 aliphatic carbocycles. The third kappa shape index (κ3) is 4.20. The highest BCUT2D eigenvalue weighted by atomic mass is 35.5. The molecule has 0 aromatic heterocycles. The second-order valence-electron chi connectivity index (χ2n) is 4.61. The number of ether oxygens (including phenoxy) is 1. The Labute approximate surface area is 112 Å². The van der Waals surface area contributed by atoms with E-state index in [9.17, 15) is 4.79 Å². The minimum Gasteiger partial charge on any atom is -0.398 e. The van der Waals surface area contributed by atoms with E-state index in [0.29, 0.717) is 29.4 Å². The van der Waals surface area contributed by atoms with Crippen molar-refractivity contribution in [3.05, 3.63) is 28.8 Å². The van der Waals surface area contributed by atoms with Gasteiger partial charge in [0.2, 0.25) is 0 Å². The lowest BCUT2D eigenvalue weighted by molar-refractivity contribution is -0.00815. The van der Waals surface area contributed by atoms with E-state index < -0.39 is 0 Å². The number of carbonyl (C=O) groups excluding carboxylic acids is 1. The molecule has 0 aliphatic heterocycles. The summed E-state index contributed by atoms with van der Waals surface area (Å²) in [5.74, 6) is -0.189. The lowest BCUT2D eigenvalue weighted by Gasteiger charge is -2.24. The molecular formula is C13H19ClN2O2. The average molecular weight is 271 g/mol. The highest BCUT2D eigenvalue weighted by Crippen LogP contribution is 2.19. The number of hydrogen-bond donors (Lipinski definition) is 2. The molecular weight excluding hydrogens is 252 g/mol. The molecule has 3 N–H and O–H groups in total. The van der Waals surface area contributed by atoms with Crippen LogP contribution in [0, 0.1) is 0 Å². The summed E-state index contributed by atoms with van der Waals surface area (Å²) in [5.41, 5.74) is 6.15. The van der Waals surface area contributed by atoms with Gasteiger partial charge >= 0.3 is 0 Å². The Bertz CT molecular complexity index is 433. The lowest BCUT2D eigenvalue weighted by Crippen LogP contribution is -2.40. The topological polar surface area (TPSA) is 64.3 Å². The van der Waals surface area contributed by atoms with Crippen LogP contribution in [0.25, 0.3) is 0 Å². The van der Waals surface area contributed by atoms with E-state index in [1.165, 1.54) is 0 Å². The van der Waals surface area contributed by atoms with E-state index in [-0.39, 0.29) is 11.5 Å². The van der Waals surface area contributed by atoms with Crippen LogP contribution in [0.15, 0.2) is 18.2 Å². The normalized spacial score (nSPS) is 11.3. The minimum absolute atomic E-state index is 0.189. The average Bonchev–Trinajstić information content (AvgIpc) is 2.30. The van der Waals surface area contributed by atoms with Crippen LogP contribution >= 0.6 is 11.6 Å². The maximum Gasteiger partial charge on any atom is 0.251 e. The third-order valence-corrected chi connectivity index (χ3v) is 2.81. The van der Waals surface area contributed by atoms with Crippen molar-refractivity contribution in [2.45, 2.75) is 26.4 Å². The first-order valence-electron chi connectivity index (χ1n) is 5.83. The molecule has 0 bridgehead atoms. The van der Waals surface area contributed by atoms with E-state index in [0.717, 1.165) is 0 Å². The number of halogens is 1. The molecule has 5 heteroatoms. The zero-order valence-corrected chi connectivity index (χ0v) is 11.7. The van der Waals surface area contributed by atoms with E-state index in [1.54, 1.807) is 18.2 Å². The van der Waals surface area contributed by atoms with Crippen molar-refractivity contribution >= 4 is 23.2 Å². The van der Waals surface area contributed by atoms with Crippen molar-refractivity contribution < 1.29 is 9.53 Å². The predicted molar refractivity (Wildman–Crippen MR) is 73.9 cm³/mol. The number of amides is 1. The van der Waals surface area contributed by atoms with Gasteiger partial charge in [0.15, 0.2) is 0 Å². The SMILES string of the molecule is CCOC(C)(C)CNC(=O)c1ccc(Cl)c(N)c1. The van der Waals surface area contributed by atoms with Gasteiger partial charge in [0.25, 0.3) is 5.91 Å². The molecule has 1 aromatic carbocycles. The van der Waals surface area contributed by atoms with Crippen molar-refractivity contribution in [1.82, 2.24) is 5.32 Å². The zero-order chi connectivity index (χ0) is 13.8. The fraction of sp³-hybridized carbons (Fsp3) is 0.462. The van der Waals surface area contributed by atoms with E-state index in [1.807, 2.05) is 20.8 Å². The van der Waals surface area contributed by atoms with Gasteiger partial charge in [-0.05, 0) is 39.0 Å². The summed E-state index contributed by atoms with van der Waals surface area (Å²) in [4.78, 5) is 11.9. The van der Waals surface area contributed by atoms with Crippen molar-refractivity contribution in [2.75, 3.05) is 18.9 Å². The first-order chi connectivity index (χ1) is 8.35. The standard InChI is InChI=1S/C13H19ClN2O2/c1-4-18-13(2,3)8-16-12(17)9-5-6-10(14)11(15)7-9/h5-7H,4,8,15H2,1-3H3,(H,16,17). The van der Waals surface area contributed by atoms with Crippen LogP contribution < -0.4 is 11.1 Å². The van der Waals surface area contributed by atoms with Gasteiger partial charge in [-0.3, -0.25) is 4.79 Å². The molecule has 1 amide bonds. The van der Waals surface area contributed by atoms with Crippen molar-refractivity contribution in [2.24, 2.45) is 0 Å². The van der Waals surface area contributed by atoms with Gasteiger partial charge in [-0.25, -0.2) is 0 Å². The van der Waals surface area contributed by atoms with Crippen molar-refractivity contribution in [1.29, 1.82) is 0 Å². The quantitative estimate of drug-likeness (QED) is 0.808. The second kappa shape index (κ2) is 6.07. The molecule has 0 saturated heterocycles. The van der Waals surface area contributed by atoms with E-state index in [2.05, 4.69) is 5.32 Å². The summed E-state index contributed by atoms with van der Waals surface area (Å²) >= 11 is 5.80. The molecule has 0 heterocycles. The lowest BCUT2D eigenvalue weighted by atomic mass is 10.1. The Morgan fingerprint density at radius 2 is 2.17 bits per heavy atom. The van der Waals surface area contributed by atoms with Gasteiger partial charge in [0.1, 0.15) is 0 Å². The fourth-order valence-corrected chi connectivity index (χ4v) is 1.64. The summed E-state index contributed by atoms with van der Waals surface area (Å²) < 4.78 is 5.50. The summed E-state index contributed by atoms with van der Waals surface area (Å²) in [6.07, 6.45) is 0. The first-order valence-corrected chi connectivity index (χ1v) is 6.20. The van der Waals surface area contributed by atoms with E-state index in [4.69, 9.17) is 22.1 Å². The third-order valence-electron chi connectivity index (χ3n) is 2.47. The van der Waals surface area contributed by atoms with E-state index >= 15 is 0 Å². The first kappa shape index (κ1) is 14.8. The molecule has 1 aromatic rings. The van der Waals surface area contributed by atoms with Crippen LogP contribution in [0.4, 0.5) is 5.69 Å². The number of benzene rings is 1. The van der Waals surface area contributed by atoms with Crippen LogP contribution in [0.1, 0.15) is 31.1 Å². The zero-order valence-electron chi connectivity index (χ0n) is 10.9.